The van der Waals surface area contributed by atoms with Gasteiger partial charge in [-0.15, -0.1) is 0 Å². The Morgan fingerprint density at radius 1 is 1.05 bits per heavy atom. The summed E-state index contributed by atoms with van der Waals surface area (Å²) in [6, 6.07) is 5.66. The highest BCUT2D eigenvalue weighted by Gasteiger charge is 2.45. The average Bonchev–Trinajstić information content (AvgIpc) is 2.84. The molecular formula is C28H42FN3O4S. The van der Waals surface area contributed by atoms with E-state index >= 15 is 0 Å². The Kier molecular flexibility index (Phi) is 8.94. The molecule has 0 aromatic heterocycles. The van der Waals surface area contributed by atoms with Gasteiger partial charge in [0.15, 0.2) is 0 Å². The van der Waals surface area contributed by atoms with E-state index in [0.717, 1.165) is 19.3 Å². The third-order valence-corrected chi connectivity index (χ3v) is 10.2. The molecule has 206 valence electrons. The van der Waals surface area contributed by atoms with Crippen LogP contribution in [0.1, 0.15) is 71.3 Å². The number of benzene rings is 1. The van der Waals surface area contributed by atoms with E-state index in [2.05, 4.69) is 26.1 Å². The van der Waals surface area contributed by atoms with Crippen molar-refractivity contribution in [1.82, 2.24) is 14.5 Å². The molecule has 9 heteroatoms. The lowest BCUT2D eigenvalue weighted by Crippen LogP contribution is -2.60. The Morgan fingerprint density at radius 2 is 1.78 bits per heavy atom. The Hall–Kier alpha value is -2.00. The highest BCUT2D eigenvalue weighted by Crippen LogP contribution is 2.37. The SMILES string of the molecule is CC(C)[C@@H]1CC[C@@H](C)CC(=O)N2C[C@H]3C[C@@H](CN(S(=O)(=O)Cc4ccc(F)cc4)C3)[C@@H]2CCCC(=O)N1. The highest BCUT2D eigenvalue weighted by molar-refractivity contribution is 7.88. The van der Waals surface area contributed by atoms with Crippen LogP contribution in [0.15, 0.2) is 24.3 Å². The van der Waals surface area contributed by atoms with Crippen LogP contribution in [0, 0.1) is 29.5 Å². The molecule has 1 aromatic rings. The number of fused-ring (bicyclic) bond motifs is 4. The molecule has 0 radical (unpaired) electrons. The van der Waals surface area contributed by atoms with Gasteiger partial charge in [0.1, 0.15) is 5.82 Å². The molecule has 4 rings (SSSR count). The molecule has 0 aliphatic carbocycles. The van der Waals surface area contributed by atoms with Crippen molar-refractivity contribution in [2.75, 3.05) is 19.6 Å². The van der Waals surface area contributed by atoms with Crippen molar-refractivity contribution < 1.29 is 22.4 Å². The summed E-state index contributed by atoms with van der Waals surface area (Å²) in [7, 11) is -3.58. The summed E-state index contributed by atoms with van der Waals surface area (Å²) >= 11 is 0. The van der Waals surface area contributed by atoms with Gasteiger partial charge in [-0.1, -0.05) is 32.9 Å². The first-order chi connectivity index (χ1) is 17.5. The summed E-state index contributed by atoms with van der Waals surface area (Å²) in [5.74, 6) is 0.382. The van der Waals surface area contributed by atoms with Crippen LogP contribution in [0.2, 0.25) is 0 Å². The normalized spacial score (nSPS) is 30.6. The number of hydrogen-bond acceptors (Lipinski definition) is 4. The van der Waals surface area contributed by atoms with Crippen LogP contribution in [0.3, 0.4) is 0 Å². The number of hydrogen-bond donors (Lipinski definition) is 1. The third-order valence-electron chi connectivity index (χ3n) is 8.46. The molecule has 3 saturated heterocycles. The summed E-state index contributed by atoms with van der Waals surface area (Å²) in [6.07, 6.45) is 4.92. The van der Waals surface area contributed by atoms with Gasteiger partial charge in [-0.3, -0.25) is 9.59 Å². The van der Waals surface area contributed by atoms with Crippen LogP contribution in [0.4, 0.5) is 4.39 Å². The summed E-state index contributed by atoms with van der Waals surface area (Å²) < 4.78 is 41.5. The second-order valence-electron chi connectivity index (χ2n) is 11.9. The number of carbonyl (C=O) groups is 2. The number of amides is 2. The van der Waals surface area contributed by atoms with E-state index in [-0.39, 0.29) is 53.2 Å². The van der Waals surface area contributed by atoms with E-state index in [0.29, 0.717) is 56.8 Å². The summed E-state index contributed by atoms with van der Waals surface area (Å²) in [5.41, 5.74) is 0.565. The summed E-state index contributed by atoms with van der Waals surface area (Å²) in [6.45, 7) is 7.71. The second kappa shape index (κ2) is 11.8. The van der Waals surface area contributed by atoms with Crippen molar-refractivity contribution >= 4 is 21.8 Å². The predicted molar refractivity (Wildman–Crippen MR) is 141 cm³/mol. The Morgan fingerprint density at radius 3 is 2.49 bits per heavy atom. The second-order valence-corrected chi connectivity index (χ2v) is 13.8. The number of rotatable bonds is 4. The fourth-order valence-electron chi connectivity index (χ4n) is 6.37. The molecule has 1 N–H and O–H groups in total. The molecule has 3 aliphatic rings. The van der Waals surface area contributed by atoms with Crippen LogP contribution >= 0.6 is 0 Å². The van der Waals surface area contributed by atoms with E-state index in [4.69, 9.17) is 0 Å². The number of sulfonamides is 1. The summed E-state index contributed by atoms with van der Waals surface area (Å²) in [4.78, 5) is 28.2. The van der Waals surface area contributed by atoms with Gasteiger partial charge in [0.05, 0.1) is 5.75 Å². The zero-order valence-electron chi connectivity index (χ0n) is 22.4. The minimum absolute atomic E-state index is 0.0475. The van der Waals surface area contributed by atoms with Gasteiger partial charge in [0.25, 0.3) is 0 Å². The van der Waals surface area contributed by atoms with Crippen LogP contribution in [-0.4, -0.2) is 61.2 Å². The molecule has 37 heavy (non-hydrogen) atoms. The highest BCUT2D eigenvalue weighted by atomic mass is 32.2. The van der Waals surface area contributed by atoms with Crippen LogP contribution in [-0.2, 0) is 25.4 Å². The molecule has 7 nitrogen and oxygen atoms in total. The Balaban J connectivity index is 1.50. The van der Waals surface area contributed by atoms with Gasteiger partial charge in [-0.05, 0) is 73.5 Å². The molecule has 1 aromatic carbocycles. The number of halogens is 1. The quantitative estimate of drug-likeness (QED) is 0.633. The first kappa shape index (κ1) is 28.0. The fraction of sp³-hybridized carbons (Fsp3) is 0.714. The van der Waals surface area contributed by atoms with Crippen molar-refractivity contribution in [3.63, 3.8) is 0 Å². The maximum absolute atomic E-state index is 13.5. The molecule has 3 heterocycles. The molecule has 0 spiro atoms. The zero-order chi connectivity index (χ0) is 26.7. The molecule has 3 aliphatic heterocycles. The first-order valence-corrected chi connectivity index (χ1v) is 15.4. The molecule has 0 unspecified atom stereocenters. The van der Waals surface area contributed by atoms with Crippen LogP contribution < -0.4 is 5.32 Å². The standard InChI is InChI=1S/C28H42FN3O4S/c1-19(2)25-12-7-20(3)13-28(34)32-16-22-14-23(26(32)5-4-6-27(33)30-25)17-31(15-22)37(35,36)18-21-8-10-24(29)11-9-21/h8-11,19-20,22-23,25-26H,4-7,12-18H2,1-3H3,(H,30,33)/t20-,22+,23+,25+,26+/m1/s1. The van der Waals surface area contributed by atoms with Crippen molar-refractivity contribution in [2.45, 2.75) is 83.6 Å². The largest absolute Gasteiger partial charge is 0.353 e. The van der Waals surface area contributed by atoms with Gasteiger partial charge in [0.2, 0.25) is 21.8 Å². The maximum atomic E-state index is 13.5. The monoisotopic (exact) mass is 535 g/mol. The predicted octanol–water partition coefficient (Wildman–Crippen LogP) is 3.94. The minimum atomic E-state index is -3.58. The van der Waals surface area contributed by atoms with Gasteiger partial charge in [0, 0.05) is 44.6 Å². The van der Waals surface area contributed by atoms with Crippen molar-refractivity contribution in [1.29, 1.82) is 0 Å². The molecule has 2 bridgehead atoms. The molecule has 2 amide bonds. The van der Waals surface area contributed by atoms with Crippen LogP contribution in [0.25, 0.3) is 0 Å². The first-order valence-electron chi connectivity index (χ1n) is 13.8. The fourth-order valence-corrected chi connectivity index (χ4v) is 8.03. The lowest BCUT2D eigenvalue weighted by Gasteiger charge is -2.50. The molecule has 5 atom stereocenters. The van der Waals surface area contributed by atoms with E-state index in [1.807, 2.05) is 4.90 Å². The molecule has 3 fully saturated rings. The lowest BCUT2D eigenvalue weighted by molar-refractivity contribution is -0.141. The minimum Gasteiger partial charge on any atom is -0.353 e. The smallest absolute Gasteiger partial charge is 0.223 e. The molecular weight excluding hydrogens is 493 g/mol. The Labute approximate surface area is 221 Å². The topological polar surface area (TPSA) is 86.8 Å². The number of piperidine rings is 2. The van der Waals surface area contributed by atoms with E-state index in [9.17, 15) is 22.4 Å². The number of carbonyl (C=O) groups excluding carboxylic acids is 2. The van der Waals surface area contributed by atoms with E-state index < -0.39 is 10.0 Å². The van der Waals surface area contributed by atoms with Gasteiger partial charge in [-0.2, -0.15) is 0 Å². The summed E-state index contributed by atoms with van der Waals surface area (Å²) in [5, 5.41) is 3.21. The van der Waals surface area contributed by atoms with Crippen LogP contribution in [0.5, 0.6) is 0 Å². The number of nitrogens with zero attached hydrogens (tertiary/aromatic N) is 2. The lowest BCUT2D eigenvalue weighted by atomic mass is 9.78. The zero-order valence-corrected chi connectivity index (χ0v) is 23.2. The third kappa shape index (κ3) is 7.11. The van der Waals surface area contributed by atoms with Crippen molar-refractivity contribution in [3.05, 3.63) is 35.6 Å². The Bertz CT molecular complexity index is 1060. The maximum Gasteiger partial charge on any atom is 0.223 e. The van der Waals surface area contributed by atoms with Gasteiger partial charge in [-0.25, -0.2) is 17.1 Å². The van der Waals surface area contributed by atoms with Gasteiger partial charge < -0.3 is 10.2 Å². The van der Waals surface area contributed by atoms with E-state index in [1.165, 1.54) is 24.3 Å². The van der Waals surface area contributed by atoms with E-state index in [1.54, 1.807) is 4.31 Å². The average molecular weight is 536 g/mol. The number of nitrogens with one attached hydrogen (secondary N) is 1. The van der Waals surface area contributed by atoms with Crippen molar-refractivity contribution in [2.24, 2.45) is 23.7 Å². The molecule has 0 saturated carbocycles. The van der Waals surface area contributed by atoms with Gasteiger partial charge >= 0.3 is 0 Å². The van der Waals surface area contributed by atoms with Crippen molar-refractivity contribution in [3.8, 4) is 0 Å².